The molecule has 0 fully saturated rings. The molecule has 0 unspecified atom stereocenters. The normalized spacial score (nSPS) is 13.9. The lowest BCUT2D eigenvalue weighted by Gasteiger charge is -2.15. The number of rotatable bonds is 8. The molecule has 0 N–H and O–H groups in total. The Morgan fingerprint density at radius 2 is 1.97 bits per heavy atom. The predicted molar refractivity (Wildman–Crippen MR) is 147 cm³/mol. The first-order valence-electron chi connectivity index (χ1n) is 10.9. The monoisotopic (exact) mass is 662 g/mol. The molecule has 0 aliphatic carbocycles. The molecule has 0 saturated carbocycles. The van der Waals surface area contributed by atoms with E-state index in [0.717, 1.165) is 13.6 Å². The molecular weight excluding hydrogens is 643 g/mol. The van der Waals surface area contributed by atoms with Gasteiger partial charge in [-0.05, 0) is 90.0 Å². The molecule has 0 radical (unpaired) electrons. The van der Waals surface area contributed by atoms with Gasteiger partial charge in [0, 0.05) is 21.7 Å². The van der Waals surface area contributed by atoms with Gasteiger partial charge in [-0.1, -0.05) is 28.1 Å². The number of hydrogen-bond donors (Lipinski definition) is 0. The molecule has 184 valence electrons. The van der Waals surface area contributed by atoms with E-state index in [-0.39, 0.29) is 17.3 Å². The second-order valence-electron chi connectivity index (χ2n) is 7.78. The van der Waals surface area contributed by atoms with Crippen molar-refractivity contribution in [3.63, 3.8) is 0 Å². The summed E-state index contributed by atoms with van der Waals surface area (Å²) in [5.74, 6) is 0.647. The molecule has 0 bridgehead atoms. The second kappa shape index (κ2) is 11.2. The largest absolute Gasteiger partial charge is 0.490 e. The van der Waals surface area contributed by atoms with Gasteiger partial charge in [0.2, 0.25) is 5.90 Å². The molecule has 1 heterocycles. The molecule has 0 atom stereocenters. The van der Waals surface area contributed by atoms with E-state index in [0.29, 0.717) is 41.4 Å². The number of hydrogen-bond acceptors (Lipinski definition) is 7. The molecule has 0 aromatic heterocycles. The van der Waals surface area contributed by atoms with E-state index in [1.807, 2.05) is 37.3 Å². The zero-order valence-corrected chi connectivity index (χ0v) is 23.0. The number of cyclic esters (lactones) is 1. The zero-order chi connectivity index (χ0) is 25.8. The van der Waals surface area contributed by atoms with Gasteiger partial charge >= 0.3 is 5.97 Å². The first kappa shape index (κ1) is 25.8. The number of benzene rings is 3. The fraction of sp³-hybridized carbons (Fsp3) is 0.154. The number of nitro groups is 1. The zero-order valence-electron chi connectivity index (χ0n) is 19.3. The highest BCUT2D eigenvalue weighted by Crippen LogP contribution is 2.36. The average molecular weight is 663 g/mol. The van der Waals surface area contributed by atoms with Crippen molar-refractivity contribution in [2.24, 2.45) is 4.99 Å². The quantitative estimate of drug-likeness (QED) is 0.0887. The Morgan fingerprint density at radius 3 is 2.67 bits per heavy atom. The minimum Gasteiger partial charge on any atom is -0.490 e. The summed E-state index contributed by atoms with van der Waals surface area (Å²) < 4.78 is 19.0. The maximum Gasteiger partial charge on any atom is 0.363 e. The number of aliphatic imine (C=N–C) groups is 1. The number of halogens is 2. The number of nitro benzene ring substituents is 1. The molecule has 1 aliphatic heterocycles. The molecule has 10 heteroatoms. The highest BCUT2D eigenvalue weighted by molar-refractivity contribution is 14.1. The van der Waals surface area contributed by atoms with Crippen LogP contribution in [0.3, 0.4) is 0 Å². The molecule has 3 aromatic carbocycles. The van der Waals surface area contributed by atoms with Gasteiger partial charge in [-0.25, -0.2) is 9.79 Å². The number of carbonyl (C=O) groups excluding carboxylic acids is 1. The molecule has 36 heavy (non-hydrogen) atoms. The minimum absolute atomic E-state index is 0.0142. The van der Waals surface area contributed by atoms with Crippen LogP contribution in [0.5, 0.6) is 11.5 Å². The summed E-state index contributed by atoms with van der Waals surface area (Å²) in [5.41, 5.74) is 2.72. The topological polar surface area (TPSA) is 100 Å². The van der Waals surface area contributed by atoms with Crippen molar-refractivity contribution in [1.82, 2.24) is 0 Å². The van der Waals surface area contributed by atoms with E-state index in [2.05, 4.69) is 43.5 Å². The van der Waals surface area contributed by atoms with Crippen molar-refractivity contribution < 1.29 is 23.9 Å². The summed E-state index contributed by atoms with van der Waals surface area (Å²) >= 11 is 5.63. The van der Waals surface area contributed by atoms with Crippen LogP contribution in [0.15, 0.2) is 69.8 Å². The Hall–Kier alpha value is -3.25. The van der Waals surface area contributed by atoms with Crippen LogP contribution in [0, 0.1) is 20.6 Å². The molecule has 8 nitrogen and oxygen atoms in total. The molecule has 0 amide bonds. The third kappa shape index (κ3) is 5.93. The summed E-state index contributed by atoms with van der Waals surface area (Å²) in [5, 5.41) is 11.1. The Kier molecular flexibility index (Phi) is 8.04. The number of carbonyl (C=O) groups is 1. The highest BCUT2D eigenvalue weighted by atomic mass is 127. The van der Waals surface area contributed by atoms with E-state index in [1.165, 1.54) is 12.1 Å². The summed E-state index contributed by atoms with van der Waals surface area (Å²) in [6.45, 7) is 4.30. The van der Waals surface area contributed by atoms with E-state index in [9.17, 15) is 14.9 Å². The van der Waals surface area contributed by atoms with Gasteiger partial charge in [0.05, 0.1) is 15.1 Å². The number of aryl methyl sites for hydroxylation is 1. The third-order valence-electron chi connectivity index (χ3n) is 5.17. The number of esters is 1. The van der Waals surface area contributed by atoms with E-state index in [1.54, 1.807) is 25.1 Å². The SMILES string of the molecule is CCOc1cc(/C=C2\N=C(c3ccc([N+](=O)[O-])c(C)c3)OC2=O)cc(I)c1OCc1cccc(Br)c1. The Labute approximate surface area is 229 Å². The summed E-state index contributed by atoms with van der Waals surface area (Å²) in [7, 11) is 0. The smallest absolute Gasteiger partial charge is 0.363 e. The van der Waals surface area contributed by atoms with E-state index < -0.39 is 10.9 Å². The first-order valence-corrected chi connectivity index (χ1v) is 12.7. The second-order valence-corrected chi connectivity index (χ2v) is 9.85. The number of ether oxygens (including phenoxy) is 3. The van der Waals surface area contributed by atoms with Crippen molar-refractivity contribution in [2.75, 3.05) is 6.61 Å². The van der Waals surface area contributed by atoms with E-state index in [4.69, 9.17) is 14.2 Å². The third-order valence-corrected chi connectivity index (χ3v) is 6.46. The fourth-order valence-electron chi connectivity index (χ4n) is 3.54. The van der Waals surface area contributed by atoms with Gasteiger partial charge in [-0.15, -0.1) is 0 Å². The van der Waals surface area contributed by atoms with Crippen LogP contribution in [-0.4, -0.2) is 23.4 Å². The van der Waals surface area contributed by atoms with Crippen molar-refractivity contribution >= 4 is 62.2 Å². The molecule has 0 saturated heterocycles. The maximum atomic E-state index is 12.5. The van der Waals surface area contributed by atoms with Crippen LogP contribution < -0.4 is 9.47 Å². The lowest BCUT2D eigenvalue weighted by atomic mass is 10.1. The Morgan fingerprint density at radius 1 is 1.17 bits per heavy atom. The fourth-order valence-corrected chi connectivity index (χ4v) is 4.77. The molecule has 4 rings (SSSR count). The summed E-state index contributed by atoms with van der Waals surface area (Å²) in [6.07, 6.45) is 1.61. The van der Waals surface area contributed by atoms with Crippen LogP contribution in [0.2, 0.25) is 0 Å². The standard InChI is InChI=1S/C26H20BrIN2O6/c1-3-34-23-13-17(11-20(28)24(23)35-14-16-5-4-6-19(27)10-16)12-21-26(31)36-25(29-21)18-7-8-22(30(32)33)15(2)9-18/h4-13H,3,14H2,1-2H3/b21-12-. The Bertz CT molecular complexity index is 1420. The lowest BCUT2D eigenvalue weighted by Crippen LogP contribution is -2.06. The molecule has 1 aliphatic rings. The van der Waals surface area contributed by atoms with Crippen molar-refractivity contribution in [3.8, 4) is 11.5 Å². The van der Waals surface area contributed by atoms with E-state index >= 15 is 0 Å². The van der Waals surface area contributed by atoms with Crippen LogP contribution >= 0.6 is 38.5 Å². The van der Waals surface area contributed by atoms with Crippen LogP contribution in [0.25, 0.3) is 6.08 Å². The van der Waals surface area contributed by atoms with Crippen LogP contribution in [0.1, 0.15) is 29.2 Å². The highest BCUT2D eigenvalue weighted by Gasteiger charge is 2.26. The molecule has 3 aromatic rings. The molecule has 0 spiro atoms. The van der Waals surface area contributed by atoms with Gasteiger partial charge in [-0.2, -0.15) is 0 Å². The van der Waals surface area contributed by atoms with Gasteiger partial charge in [-0.3, -0.25) is 10.1 Å². The number of nitrogens with zero attached hydrogens (tertiary/aromatic N) is 2. The maximum absolute atomic E-state index is 12.5. The summed E-state index contributed by atoms with van der Waals surface area (Å²) in [4.78, 5) is 27.4. The van der Waals surface area contributed by atoms with Crippen molar-refractivity contribution in [1.29, 1.82) is 0 Å². The van der Waals surface area contributed by atoms with Gasteiger partial charge in [0.1, 0.15) is 6.61 Å². The van der Waals surface area contributed by atoms with Gasteiger partial charge in [0.15, 0.2) is 17.2 Å². The van der Waals surface area contributed by atoms with Gasteiger partial charge < -0.3 is 14.2 Å². The predicted octanol–water partition coefficient (Wildman–Crippen LogP) is 6.59. The van der Waals surface area contributed by atoms with Crippen molar-refractivity contribution in [2.45, 2.75) is 20.5 Å². The first-order chi connectivity index (χ1) is 17.2. The van der Waals surface area contributed by atoms with Gasteiger partial charge in [0.25, 0.3) is 5.69 Å². The summed E-state index contributed by atoms with van der Waals surface area (Å²) in [6, 6.07) is 16.0. The Balaban J connectivity index is 1.61. The lowest BCUT2D eigenvalue weighted by molar-refractivity contribution is -0.385. The van der Waals surface area contributed by atoms with Crippen molar-refractivity contribution in [3.05, 3.63) is 101 Å². The minimum atomic E-state index is -0.607. The molecular formula is C26H20BrIN2O6. The van der Waals surface area contributed by atoms with Crippen LogP contribution in [0.4, 0.5) is 5.69 Å². The average Bonchev–Trinajstić information content (AvgIpc) is 3.18. The van der Waals surface area contributed by atoms with Crippen LogP contribution in [-0.2, 0) is 16.1 Å².